The molecule has 1 aromatic carbocycles. The van der Waals surface area contributed by atoms with E-state index in [9.17, 15) is 31.5 Å². The summed E-state index contributed by atoms with van der Waals surface area (Å²) in [7, 11) is 0. The molecule has 2 aliphatic heterocycles. The first-order chi connectivity index (χ1) is 16.5. The number of ether oxygens (including phenoxy) is 1. The fourth-order valence-electron chi connectivity index (χ4n) is 4.69. The monoisotopic (exact) mass is 516 g/mol. The largest absolute Gasteiger partial charge is 0.419 e. The quantitative estimate of drug-likeness (QED) is 0.535. The Morgan fingerprint density at radius 3 is 2.43 bits per heavy atom. The van der Waals surface area contributed by atoms with Crippen molar-refractivity contribution in [3.05, 3.63) is 56.8 Å². The Hall–Kier alpha value is -2.53. The van der Waals surface area contributed by atoms with Gasteiger partial charge < -0.3 is 15.0 Å². The van der Waals surface area contributed by atoms with Crippen LogP contribution < -0.4 is 5.32 Å². The molecule has 11 heteroatoms. The number of hydrogen-bond donors (Lipinski definition) is 1. The number of thiophene rings is 1. The number of hydrogen-bond acceptors (Lipinski definition) is 4. The average molecular weight is 517 g/mol. The maximum atomic E-state index is 14.8. The molecule has 3 heterocycles. The normalized spacial score (nSPS) is 21.6. The van der Waals surface area contributed by atoms with E-state index in [0.29, 0.717) is 30.2 Å². The topological polar surface area (TPSA) is 58.6 Å². The van der Waals surface area contributed by atoms with Crippen molar-refractivity contribution in [1.29, 1.82) is 0 Å². The van der Waals surface area contributed by atoms with Crippen molar-refractivity contribution in [1.82, 2.24) is 10.2 Å². The smallest absolute Gasteiger partial charge is 0.381 e. The number of amides is 2. The molecule has 0 aliphatic carbocycles. The third kappa shape index (κ3) is 5.06. The minimum absolute atomic E-state index is 0.112. The third-order valence-corrected chi connectivity index (χ3v) is 7.61. The fraction of sp³-hybridized carbons (Fsp3) is 0.500. The van der Waals surface area contributed by atoms with Crippen molar-refractivity contribution in [3.63, 3.8) is 0 Å². The predicted molar refractivity (Wildman–Crippen MR) is 119 cm³/mol. The molecule has 190 valence electrons. The third-order valence-electron chi connectivity index (χ3n) is 6.62. The summed E-state index contributed by atoms with van der Waals surface area (Å²) in [4.78, 5) is 29.6. The van der Waals surface area contributed by atoms with Gasteiger partial charge in [0.1, 0.15) is 17.7 Å². The summed E-state index contributed by atoms with van der Waals surface area (Å²) in [6, 6.07) is 2.03. The zero-order valence-corrected chi connectivity index (χ0v) is 19.9. The summed E-state index contributed by atoms with van der Waals surface area (Å²) in [5.41, 5.74) is -2.09. The van der Waals surface area contributed by atoms with Crippen LogP contribution >= 0.6 is 11.3 Å². The second kappa shape index (κ2) is 9.85. The van der Waals surface area contributed by atoms with E-state index in [2.05, 4.69) is 5.32 Å². The van der Waals surface area contributed by atoms with Crippen LogP contribution in [0.2, 0.25) is 0 Å². The maximum Gasteiger partial charge on any atom is 0.419 e. The highest BCUT2D eigenvalue weighted by Gasteiger charge is 2.43. The summed E-state index contributed by atoms with van der Waals surface area (Å²) in [5.74, 6) is -4.17. The Bertz CT molecular complexity index is 1120. The molecule has 2 aromatic rings. The molecule has 2 saturated heterocycles. The molecule has 5 nitrogen and oxygen atoms in total. The number of nitrogens with one attached hydrogen (secondary N) is 1. The molecule has 1 aromatic heterocycles. The van der Waals surface area contributed by atoms with E-state index < -0.39 is 47.3 Å². The van der Waals surface area contributed by atoms with E-state index in [1.165, 1.54) is 11.3 Å². The van der Waals surface area contributed by atoms with E-state index in [0.717, 1.165) is 4.88 Å². The summed E-state index contributed by atoms with van der Waals surface area (Å²) < 4.78 is 73.2. The molecule has 2 amide bonds. The van der Waals surface area contributed by atoms with Gasteiger partial charge in [-0.15, -0.1) is 11.3 Å². The number of carbonyl (C=O) groups excluding carboxylic acids is 2. The first-order valence-corrected chi connectivity index (χ1v) is 12.2. The van der Waals surface area contributed by atoms with Gasteiger partial charge in [-0.2, -0.15) is 13.2 Å². The number of halogens is 5. The van der Waals surface area contributed by atoms with Crippen LogP contribution in [-0.4, -0.2) is 42.0 Å². The van der Waals surface area contributed by atoms with Gasteiger partial charge in [-0.25, -0.2) is 8.78 Å². The molecule has 1 unspecified atom stereocenters. The van der Waals surface area contributed by atoms with Crippen LogP contribution in [0, 0.1) is 24.5 Å². The van der Waals surface area contributed by atoms with Gasteiger partial charge in [-0.3, -0.25) is 9.59 Å². The molecular weight excluding hydrogens is 491 g/mol. The first kappa shape index (κ1) is 25.6. The van der Waals surface area contributed by atoms with E-state index in [-0.39, 0.29) is 36.8 Å². The van der Waals surface area contributed by atoms with Gasteiger partial charge in [0.05, 0.1) is 29.7 Å². The zero-order chi connectivity index (χ0) is 25.5. The molecule has 0 spiro atoms. The summed E-state index contributed by atoms with van der Waals surface area (Å²) in [5, 5.41) is 2.69. The number of rotatable bonds is 6. The highest BCUT2D eigenvalue weighted by molar-refractivity contribution is 7.13. The highest BCUT2D eigenvalue weighted by Crippen LogP contribution is 2.37. The molecule has 2 fully saturated rings. The molecule has 1 N–H and O–H groups in total. The Morgan fingerprint density at radius 1 is 1.17 bits per heavy atom. The van der Waals surface area contributed by atoms with Crippen molar-refractivity contribution in [2.75, 3.05) is 13.2 Å². The van der Waals surface area contributed by atoms with E-state index in [1.807, 2.05) is 19.9 Å². The Balaban J connectivity index is 1.61. The fourth-order valence-corrected chi connectivity index (χ4v) is 5.50. The van der Waals surface area contributed by atoms with Gasteiger partial charge in [-0.05, 0) is 50.5 Å². The van der Waals surface area contributed by atoms with Gasteiger partial charge in [-0.1, -0.05) is 6.92 Å². The standard InChI is InChI=1S/C24H25F5N2O3S/c1-3-14-5-6-19(31(14)23(33)20-7-4-12(2)35-20)22(32)30-21(13-10-34-11-13)15-8-18(26)16(9-17(15)25)24(27,28)29/h4,7-9,13-14,19,21H,3,5-6,10-11H2,1-2H3,(H,30,32)/t14-,19-,21?/m1/s1. The Labute approximate surface area is 203 Å². The number of aryl methyl sites for hydroxylation is 1. The van der Waals surface area contributed by atoms with Crippen LogP contribution in [0.15, 0.2) is 24.3 Å². The van der Waals surface area contributed by atoms with Gasteiger partial charge in [0.25, 0.3) is 5.91 Å². The van der Waals surface area contributed by atoms with Crippen LogP contribution in [0.5, 0.6) is 0 Å². The number of likely N-dealkylation sites (tertiary alicyclic amines) is 1. The zero-order valence-electron chi connectivity index (χ0n) is 19.1. The molecule has 35 heavy (non-hydrogen) atoms. The summed E-state index contributed by atoms with van der Waals surface area (Å²) in [6.45, 7) is 4.05. The second-order valence-corrected chi connectivity index (χ2v) is 10.2. The number of nitrogens with zero attached hydrogens (tertiary/aromatic N) is 1. The molecule has 0 radical (unpaired) electrons. The van der Waals surface area contributed by atoms with Crippen molar-refractivity contribution in [3.8, 4) is 0 Å². The van der Waals surface area contributed by atoms with Gasteiger partial charge in [0, 0.05) is 22.4 Å². The molecule has 0 saturated carbocycles. The molecular formula is C24H25F5N2O3S. The average Bonchev–Trinajstić information content (AvgIpc) is 3.38. The Kier molecular flexibility index (Phi) is 7.19. The molecule has 0 bridgehead atoms. The van der Waals surface area contributed by atoms with E-state index >= 15 is 0 Å². The maximum absolute atomic E-state index is 14.8. The predicted octanol–water partition coefficient (Wildman–Crippen LogP) is 5.24. The minimum Gasteiger partial charge on any atom is -0.381 e. The highest BCUT2D eigenvalue weighted by atomic mass is 32.1. The Morgan fingerprint density at radius 2 is 1.89 bits per heavy atom. The minimum atomic E-state index is -5.05. The van der Waals surface area contributed by atoms with Gasteiger partial charge >= 0.3 is 6.18 Å². The number of benzene rings is 1. The van der Waals surface area contributed by atoms with Crippen LogP contribution in [0.4, 0.5) is 22.0 Å². The first-order valence-electron chi connectivity index (χ1n) is 11.3. The lowest BCUT2D eigenvalue weighted by molar-refractivity contribution is -0.140. The molecule has 4 rings (SSSR count). The number of carbonyl (C=O) groups is 2. The van der Waals surface area contributed by atoms with E-state index in [1.54, 1.807) is 11.0 Å². The number of alkyl halides is 3. The van der Waals surface area contributed by atoms with E-state index in [4.69, 9.17) is 4.74 Å². The van der Waals surface area contributed by atoms with Crippen molar-refractivity contribution < 1.29 is 36.3 Å². The molecule has 3 atom stereocenters. The van der Waals surface area contributed by atoms with Gasteiger partial charge in [0.15, 0.2) is 0 Å². The van der Waals surface area contributed by atoms with Crippen LogP contribution in [0.1, 0.15) is 57.9 Å². The lowest BCUT2D eigenvalue weighted by Crippen LogP contribution is -2.51. The lowest BCUT2D eigenvalue weighted by atomic mass is 9.90. The van der Waals surface area contributed by atoms with Gasteiger partial charge in [0.2, 0.25) is 5.91 Å². The lowest BCUT2D eigenvalue weighted by Gasteiger charge is -2.36. The molecule has 2 aliphatic rings. The van der Waals surface area contributed by atoms with Crippen molar-refractivity contribution in [2.24, 2.45) is 5.92 Å². The van der Waals surface area contributed by atoms with Crippen LogP contribution in [0.25, 0.3) is 0 Å². The second-order valence-electron chi connectivity index (χ2n) is 8.91. The SMILES string of the molecule is CC[C@@H]1CC[C@H](C(=O)NC(c2cc(F)c(C(F)(F)F)cc2F)C2COC2)N1C(=O)c1ccc(C)s1. The van der Waals surface area contributed by atoms with Crippen molar-refractivity contribution >= 4 is 23.2 Å². The summed E-state index contributed by atoms with van der Waals surface area (Å²) >= 11 is 1.32. The summed E-state index contributed by atoms with van der Waals surface area (Å²) in [6.07, 6.45) is -3.43. The van der Waals surface area contributed by atoms with Crippen molar-refractivity contribution in [2.45, 2.75) is 57.4 Å². The van der Waals surface area contributed by atoms with Crippen LogP contribution in [0.3, 0.4) is 0 Å². The van der Waals surface area contributed by atoms with Crippen LogP contribution in [-0.2, 0) is 15.7 Å².